The van der Waals surface area contributed by atoms with Crippen LogP contribution in [0, 0.1) is 0 Å². The summed E-state index contributed by atoms with van der Waals surface area (Å²) in [5.41, 5.74) is 3.62. The van der Waals surface area contributed by atoms with Gasteiger partial charge in [-0.1, -0.05) is 61.3 Å². The Kier molecular flexibility index (Phi) is 7.00. The van der Waals surface area contributed by atoms with E-state index in [2.05, 4.69) is 46.1 Å². The molecule has 0 heterocycles. The van der Waals surface area contributed by atoms with Gasteiger partial charge in [-0.05, 0) is 31.9 Å². The van der Waals surface area contributed by atoms with Crippen LogP contribution in [0.4, 0.5) is 0 Å². The zero-order chi connectivity index (χ0) is 11.7. The third-order valence-corrected chi connectivity index (χ3v) is 1.86. The van der Waals surface area contributed by atoms with Gasteiger partial charge in [0.25, 0.3) is 0 Å². The second-order valence-electron chi connectivity index (χ2n) is 3.54. The van der Waals surface area contributed by atoms with Crippen LogP contribution in [0.15, 0.2) is 72.4 Å². The predicted molar refractivity (Wildman–Crippen MR) is 70.8 cm³/mol. The molecule has 0 aromatic carbocycles. The molecule has 0 aromatic heterocycles. The molecule has 0 saturated carbocycles. The molecule has 80 valence electrons. The summed E-state index contributed by atoms with van der Waals surface area (Å²) in [7, 11) is 0. The van der Waals surface area contributed by atoms with E-state index in [4.69, 9.17) is 0 Å². The van der Waals surface area contributed by atoms with Crippen molar-refractivity contribution < 1.29 is 0 Å². The molecular formula is C15H20. The van der Waals surface area contributed by atoms with Crippen molar-refractivity contribution in [2.45, 2.75) is 20.8 Å². The molecule has 15 heavy (non-hydrogen) atoms. The summed E-state index contributed by atoms with van der Waals surface area (Å²) >= 11 is 0. The first-order chi connectivity index (χ1) is 7.11. The van der Waals surface area contributed by atoms with Crippen LogP contribution in [-0.2, 0) is 0 Å². The maximum absolute atomic E-state index is 3.81. The monoisotopic (exact) mass is 200 g/mol. The maximum Gasteiger partial charge on any atom is -0.0233 e. The van der Waals surface area contributed by atoms with Gasteiger partial charge >= 0.3 is 0 Å². The van der Waals surface area contributed by atoms with Crippen LogP contribution in [0.1, 0.15) is 20.8 Å². The Morgan fingerprint density at radius 2 is 1.53 bits per heavy atom. The summed E-state index contributed by atoms with van der Waals surface area (Å²) in [6.07, 6.45) is 13.7. The molecule has 0 unspecified atom stereocenters. The van der Waals surface area contributed by atoms with E-state index in [1.807, 2.05) is 24.3 Å². The van der Waals surface area contributed by atoms with Crippen LogP contribution in [0.5, 0.6) is 0 Å². The second kappa shape index (κ2) is 7.81. The molecule has 0 heteroatoms. The topological polar surface area (TPSA) is 0 Å². The first-order valence-corrected chi connectivity index (χ1v) is 5.05. The highest BCUT2D eigenvalue weighted by Gasteiger charge is 1.91. The lowest BCUT2D eigenvalue weighted by Gasteiger charge is -1.99. The zero-order valence-electron chi connectivity index (χ0n) is 9.96. The van der Waals surface area contributed by atoms with Gasteiger partial charge in [-0.2, -0.15) is 0 Å². The molecule has 0 radical (unpaired) electrons. The van der Waals surface area contributed by atoms with Gasteiger partial charge in [-0.15, -0.1) is 0 Å². The molecular weight excluding hydrogens is 180 g/mol. The maximum atomic E-state index is 3.81. The summed E-state index contributed by atoms with van der Waals surface area (Å²) in [5, 5.41) is 0. The molecule has 0 aliphatic rings. The smallest absolute Gasteiger partial charge is 0.0233 e. The van der Waals surface area contributed by atoms with Crippen molar-refractivity contribution in [1.29, 1.82) is 0 Å². The highest BCUT2D eigenvalue weighted by Crippen LogP contribution is 2.11. The molecule has 0 bridgehead atoms. The zero-order valence-corrected chi connectivity index (χ0v) is 9.96. The van der Waals surface area contributed by atoms with E-state index in [0.717, 1.165) is 5.57 Å². The molecule has 0 amide bonds. The van der Waals surface area contributed by atoms with Crippen LogP contribution in [0.3, 0.4) is 0 Å². The van der Waals surface area contributed by atoms with Gasteiger partial charge in [-0.3, -0.25) is 0 Å². The average Bonchev–Trinajstić information content (AvgIpc) is 2.18. The lowest BCUT2D eigenvalue weighted by Crippen LogP contribution is -1.79. The number of hydrogen-bond acceptors (Lipinski definition) is 0. The Bertz CT molecular complexity index is 329. The van der Waals surface area contributed by atoms with Crippen molar-refractivity contribution in [3.8, 4) is 0 Å². The lowest BCUT2D eigenvalue weighted by atomic mass is 10.1. The SMILES string of the molecule is C=C\C=C/C=C(C)/C(C=C)=C/C=C(C)C. The molecule has 0 rings (SSSR count). The number of rotatable bonds is 5. The lowest BCUT2D eigenvalue weighted by molar-refractivity contribution is 1.37. The van der Waals surface area contributed by atoms with E-state index in [1.54, 1.807) is 6.08 Å². The molecule has 0 N–H and O–H groups in total. The van der Waals surface area contributed by atoms with Gasteiger partial charge in [0.15, 0.2) is 0 Å². The Labute approximate surface area is 93.7 Å². The van der Waals surface area contributed by atoms with Crippen molar-refractivity contribution in [3.05, 3.63) is 72.4 Å². The van der Waals surface area contributed by atoms with Crippen molar-refractivity contribution >= 4 is 0 Å². The minimum absolute atomic E-state index is 1.14. The molecule has 0 aromatic rings. The van der Waals surface area contributed by atoms with Gasteiger partial charge in [0, 0.05) is 0 Å². The van der Waals surface area contributed by atoms with E-state index >= 15 is 0 Å². The van der Waals surface area contributed by atoms with Crippen LogP contribution in [0.2, 0.25) is 0 Å². The van der Waals surface area contributed by atoms with Crippen molar-refractivity contribution in [2.24, 2.45) is 0 Å². The van der Waals surface area contributed by atoms with Gasteiger partial charge in [0.1, 0.15) is 0 Å². The van der Waals surface area contributed by atoms with Crippen molar-refractivity contribution in [1.82, 2.24) is 0 Å². The quantitative estimate of drug-likeness (QED) is 0.562. The standard InChI is InChI=1S/C15H20/c1-6-8-9-10-14(5)15(7-2)12-11-13(3)4/h6-12H,1-2H2,3-5H3/b9-8-,14-10+,15-12+. The van der Waals surface area contributed by atoms with E-state index in [-0.39, 0.29) is 0 Å². The summed E-state index contributed by atoms with van der Waals surface area (Å²) in [4.78, 5) is 0. The van der Waals surface area contributed by atoms with Gasteiger partial charge in [-0.25, -0.2) is 0 Å². The Morgan fingerprint density at radius 3 is 2.00 bits per heavy atom. The highest BCUT2D eigenvalue weighted by molar-refractivity contribution is 5.41. The van der Waals surface area contributed by atoms with Gasteiger partial charge < -0.3 is 0 Å². The minimum atomic E-state index is 1.14. The van der Waals surface area contributed by atoms with Crippen molar-refractivity contribution in [3.63, 3.8) is 0 Å². The van der Waals surface area contributed by atoms with E-state index in [1.165, 1.54) is 11.1 Å². The largest absolute Gasteiger partial charge is 0.0991 e. The Hall–Kier alpha value is -1.56. The third-order valence-electron chi connectivity index (χ3n) is 1.86. The third kappa shape index (κ3) is 6.50. The molecule has 0 saturated heterocycles. The van der Waals surface area contributed by atoms with Crippen LogP contribution >= 0.6 is 0 Å². The van der Waals surface area contributed by atoms with Crippen LogP contribution < -0.4 is 0 Å². The molecule has 0 fully saturated rings. The fourth-order valence-corrected chi connectivity index (χ4v) is 0.992. The van der Waals surface area contributed by atoms with Gasteiger partial charge in [0.2, 0.25) is 0 Å². The minimum Gasteiger partial charge on any atom is -0.0991 e. The van der Waals surface area contributed by atoms with E-state index < -0.39 is 0 Å². The molecule has 0 aliphatic carbocycles. The molecule has 0 atom stereocenters. The van der Waals surface area contributed by atoms with Crippen LogP contribution in [0.25, 0.3) is 0 Å². The normalized spacial score (nSPS) is 12.7. The Balaban J connectivity index is 4.82. The molecule has 0 nitrogen and oxygen atoms in total. The fourth-order valence-electron chi connectivity index (χ4n) is 0.992. The molecule has 0 aliphatic heterocycles. The summed E-state index contributed by atoms with van der Waals surface area (Å²) in [6.45, 7) is 13.7. The summed E-state index contributed by atoms with van der Waals surface area (Å²) in [6, 6.07) is 0. The van der Waals surface area contributed by atoms with E-state index in [0.29, 0.717) is 0 Å². The second-order valence-corrected chi connectivity index (χ2v) is 3.54. The molecule has 0 spiro atoms. The number of hydrogen-bond donors (Lipinski definition) is 0. The first-order valence-electron chi connectivity index (χ1n) is 5.05. The summed E-state index contributed by atoms with van der Waals surface area (Å²) in [5.74, 6) is 0. The average molecular weight is 200 g/mol. The Morgan fingerprint density at radius 1 is 0.867 bits per heavy atom. The van der Waals surface area contributed by atoms with E-state index in [9.17, 15) is 0 Å². The van der Waals surface area contributed by atoms with Gasteiger partial charge in [0.05, 0.1) is 0 Å². The predicted octanol–water partition coefficient (Wildman–Crippen LogP) is 4.75. The van der Waals surface area contributed by atoms with Crippen LogP contribution in [-0.4, -0.2) is 0 Å². The van der Waals surface area contributed by atoms with Crippen molar-refractivity contribution in [2.75, 3.05) is 0 Å². The summed E-state index contributed by atoms with van der Waals surface area (Å²) < 4.78 is 0. The highest BCUT2D eigenvalue weighted by atomic mass is 14.0. The fraction of sp³-hybridized carbons (Fsp3) is 0.200. The number of allylic oxidation sites excluding steroid dienone is 10. The first kappa shape index (κ1) is 13.4.